The molecule has 0 spiro atoms. The Labute approximate surface area is 126 Å². The molecule has 3 aliphatic rings. The fourth-order valence-electron chi connectivity index (χ4n) is 5.29. The van der Waals surface area contributed by atoms with E-state index in [1.165, 1.54) is 36.5 Å². The molecular weight excluding hydrogens is 264 g/mol. The highest BCUT2D eigenvalue weighted by molar-refractivity contribution is 7.09. The summed E-state index contributed by atoms with van der Waals surface area (Å²) in [6.07, 6.45) is 7.01. The number of nitrogens with one attached hydrogen (secondary N) is 1. The first-order valence-corrected chi connectivity index (χ1v) is 9.30. The molecular formula is C17H26N2S. The molecule has 110 valence electrons. The van der Waals surface area contributed by atoms with Gasteiger partial charge in [-0.2, -0.15) is 0 Å². The van der Waals surface area contributed by atoms with Gasteiger partial charge in [-0.3, -0.25) is 0 Å². The Morgan fingerprint density at radius 3 is 2.70 bits per heavy atom. The van der Waals surface area contributed by atoms with Crippen molar-refractivity contribution in [1.82, 2.24) is 10.3 Å². The smallest absolute Gasteiger partial charge is 0.0943 e. The van der Waals surface area contributed by atoms with Crippen LogP contribution in [0.5, 0.6) is 0 Å². The van der Waals surface area contributed by atoms with E-state index >= 15 is 0 Å². The van der Waals surface area contributed by atoms with Gasteiger partial charge in [-0.05, 0) is 68.7 Å². The van der Waals surface area contributed by atoms with Gasteiger partial charge < -0.3 is 5.32 Å². The molecule has 0 aromatic carbocycles. The first-order chi connectivity index (χ1) is 9.78. The van der Waals surface area contributed by atoms with Crippen molar-refractivity contribution in [2.75, 3.05) is 6.54 Å². The molecule has 4 rings (SSSR count). The Balaban J connectivity index is 1.46. The molecule has 5 atom stereocenters. The van der Waals surface area contributed by atoms with Crippen LogP contribution in [0.15, 0.2) is 5.38 Å². The van der Waals surface area contributed by atoms with E-state index in [1.54, 1.807) is 6.42 Å². The minimum atomic E-state index is 0.693. The van der Waals surface area contributed by atoms with Gasteiger partial charge >= 0.3 is 0 Å². The van der Waals surface area contributed by atoms with Crippen molar-refractivity contribution in [1.29, 1.82) is 0 Å². The summed E-state index contributed by atoms with van der Waals surface area (Å²) < 4.78 is 0. The van der Waals surface area contributed by atoms with E-state index in [0.717, 1.165) is 36.0 Å². The van der Waals surface area contributed by atoms with Gasteiger partial charge in [0.25, 0.3) is 0 Å². The molecule has 2 bridgehead atoms. The van der Waals surface area contributed by atoms with Crippen LogP contribution in [0.4, 0.5) is 0 Å². The number of thiazole rings is 1. The molecule has 1 aromatic rings. The van der Waals surface area contributed by atoms with Gasteiger partial charge in [-0.1, -0.05) is 6.92 Å². The van der Waals surface area contributed by atoms with Crippen molar-refractivity contribution < 1.29 is 0 Å². The van der Waals surface area contributed by atoms with Gasteiger partial charge in [-0.25, -0.2) is 4.98 Å². The molecule has 1 N–H and O–H groups in total. The summed E-state index contributed by atoms with van der Waals surface area (Å²) in [5.74, 6) is 5.28. The Morgan fingerprint density at radius 1 is 1.35 bits per heavy atom. The molecule has 1 aromatic heterocycles. The van der Waals surface area contributed by atoms with Crippen LogP contribution in [0, 0.1) is 36.5 Å². The summed E-state index contributed by atoms with van der Waals surface area (Å²) in [6, 6.07) is 0.693. The Kier molecular flexibility index (Phi) is 3.38. The number of hydrogen-bond acceptors (Lipinski definition) is 3. The van der Waals surface area contributed by atoms with Crippen LogP contribution in [-0.2, 0) is 6.42 Å². The molecule has 3 saturated carbocycles. The third-order valence-electron chi connectivity index (χ3n) is 5.98. The third-order valence-corrected chi connectivity index (χ3v) is 6.97. The van der Waals surface area contributed by atoms with E-state index in [-0.39, 0.29) is 0 Å². The monoisotopic (exact) mass is 290 g/mol. The summed E-state index contributed by atoms with van der Waals surface area (Å²) in [4.78, 5) is 4.69. The molecule has 20 heavy (non-hydrogen) atoms. The summed E-state index contributed by atoms with van der Waals surface area (Å²) in [6.45, 7) is 5.55. The molecule has 0 radical (unpaired) electrons. The molecule has 3 fully saturated rings. The second kappa shape index (κ2) is 5.10. The predicted molar refractivity (Wildman–Crippen MR) is 83.9 cm³/mol. The molecule has 5 unspecified atom stereocenters. The third kappa shape index (κ3) is 2.14. The molecule has 0 amide bonds. The highest BCUT2D eigenvalue weighted by atomic mass is 32.1. The lowest BCUT2D eigenvalue weighted by Crippen LogP contribution is -2.35. The molecule has 0 aliphatic heterocycles. The first-order valence-electron chi connectivity index (χ1n) is 8.42. The lowest BCUT2D eigenvalue weighted by molar-refractivity contribution is 0.361. The predicted octanol–water partition coefficient (Wildman–Crippen LogP) is 3.65. The number of fused-ring (bicyclic) bond motifs is 5. The van der Waals surface area contributed by atoms with Crippen molar-refractivity contribution in [2.24, 2.45) is 29.6 Å². The zero-order valence-corrected chi connectivity index (χ0v) is 13.5. The van der Waals surface area contributed by atoms with Crippen LogP contribution in [0.3, 0.4) is 0 Å². The summed E-state index contributed by atoms with van der Waals surface area (Å²) in [7, 11) is 0. The number of aryl methyl sites for hydroxylation is 1. The van der Waals surface area contributed by atoms with E-state index in [0.29, 0.717) is 6.04 Å². The van der Waals surface area contributed by atoms with Crippen LogP contribution >= 0.6 is 11.3 Å². The van der Waals surface area contributed by atoms with Crippen LogP contribution in [0.1, 0.15) is 43.3 Å². The van der Waals surface area contributed by atoms with E-state index in [2.05, 4.69) is 24.5 Å². The number of hydrogen-bond donors (Lipinski definition) is 1. The van der Waals surface area contributed by atoms with Crippen LogP contribution in [0.2, 0.25) is 0 Å². The normalized spacial score (nSPS) is 39.0. The second-order valence-electron chi connectivity index (χ2n) is 7.21. The van der Waals surface area contributed by atoms with Gasteiger partial charge in [-0.15, -0.1) is 11.3 Å². The maximum Gasteiger partial charge on any atom is 0.0943 e. The maximum atomic E-state index is 4.69. The van der Waals surface area contributed by atoms with Gasteiger partial charge in [0.2, 0.25) is 0 Å². The van der Waals surface area contributed by atoms with Gasteiger partial charge in [0.1, 0.15) is 0 Å². The highest BCUT2D eigenvalue weighted by Crippen LogP contribution is 2.70. The van der Waals surface area contributed by atoms with E-state index in [9.17, 15) is 0 Å². The fourth-order valence-corrected chi connectivity index (χ4v) is 6.12. The summed E-state index contributed by atoms with van der Waals surface area (Å²) in [5, 5.41) is 7.39. The lowest BCUT2D eigenvalue weighted by Gasteiger charge is -2.21. The minimum absolute atomic E-state index is 0.693. The first kappa shape index (κ1) is 13.3. The topological polar surface area (TPSA) is 24.9 Å². The van der Waals surface area contributed by atoms with E-state index in [1.807, 2.05) is 11.3 Å². The van der Waals surface area contributed by atoms with Crippen LogP contribution in [0.25, 0.3) is 0 Å². The van der Waals surface area contributed by atoms with Gasteiger partial charge in [0.05, 0.1) is 5.01 Å². The largest absolute Gasteiger partial charge is 0.313 e. The zero-order valence-electron chi connectivity index (χ0n) is 12.6. The number of rotatable bonds is 6. The van der Waals surface area contributed by atoms with Crippen molar-refractivity contribution in [3.8, 4) is 0 Å². The Bertz CT molecular complexity index is 467. The van der Waals surface area contributed by atoms with Gasteiger partial charge in [0.15, 0.2) is 0 Å². The maximum absolute atomic E-state index is 4.69. The molecule has 1 heterocycles. The Hall–Kier alpha value is -0.410. The molecule has 3 aliphatic carbocycles. The SMILES string of the molecule is CCCNC(Cc1nc(C)cs1)C1C2C3CCC(C3)C21. The molecule has 0 saturated heterocycles. The average Bonchev–Trinajstić information content (AvgIpc) is 2.80. The average molecular weight is 290 g/mol. The minimum Gasteiger partial charge on any atom is -0.313 e. The summed E-state index contributed by atoms with van der Waals surface area (Å²) in [5.41, 5.74) is 1.19. The zero-order chi connectivity index (χ0) is 13.7. The molecule has 3 heteroatoms. The molecule has 2 nitrogen and oxygen atoms in total. The number of nitrogens with zero attached hydrogens (tertiary/aromatic N) is 1. The van der Waals surface area contributed by atoms with Crippen molar-refractivity contribution in [3.05, 3.63) is 16.1 Å². The second-order valence-corrected chi connectivity index (χ2v) is 8.16. The standard InChI is InChI=1S/C17H26N2S/c1-3-6-18-13(8-14-19-10(2)9-20-14)17-15-11-4-5-12(7-11)16(15)17/h9,11-13,15-18H,3-8H2,1-2H3. The lowest BCUT2D eigenvalue weighted by atomic mass is 9.95. The fraction of sp³-hybridized carbons (Fsp3) is 0.824. The highest BCUT2D eigenvalue weighted by Gasteiger charge is 2.66. The Morgan fingerprint density at radius 2 is 2.10 bits per heavy atom. The van der Waals surface area contributed by atoms with Crippen molar-refractivity contribution >= 4 is 11.3 Å². The van der Waals surface area contributed by atoms with Crippen LogP contribution < -0.4 is 5.32 Å². The van der Waals surface area contributed by atoms with Crippen molar-refractivity contribution in [2.45, 2.75) is 52.0 Å². The summed E-state index contributed by atoms with van der Waals surface area (Å²) >= 11 is 1.85. The van der Waals surface area contributed by atoms with E-state index < -0.39 is 0 Å². The van der Waals surface area contributed by atoms with Crippen molar-refractivity contribution in [3.63, 3.8) is 0 Å². The quantitative estimate of drug-likeness (QED) is 0.865. The van der Waals surface area contributed by atoms with Gasteiger partial charge in [0, 0.05) is 23.5 Å². The van der Waals surface area contributed by atoms with Crippen LogP contribution in [-0.4, -0.2) is 17.6 Å². The number of aromatic nitrogens is 1. The van der Waals surface area contributed by atoms with E-state index in [4.69, 9.17) is 4.98 Å².